The smallest absolute Gasteiger partial charge is 0.426 e. The van der Waals surface area contributed by atoms with Crippen molar-refractivity contribution in [2.75, 3.05) is 19.6 Å². The van der Waals surface area contributed by atoms with Crippen molar-refractivity contribution in [3.63, 3.8) is 0 Å². The number of carbonyl (C=O) groups excluding carboxylic acids is 10. The first-order valence-corrected chi connectivity index (χ1v) is 57.3. The normalized spacial score (nSPS) is 19.2. The molecule has 2 heterocycles. The van der Waals surface area contributed by atoms with Crippen LogP contribution in [-0.2, 0) is 78.4 Å². The van der Waals surface area contributed by atoms with Crippen LogP contribution in [0.1, 0.15) is 224 Å². The third kappa shape index (κ3) is 30.1. The van der Waals surface area contributed by atoms with Gasteiger partial charge in [0.15, 0.2) is 33.3 Å². The Morgan fingerprint density at radius 1 is 0.492 bits per heavy atom. The van der Waals surface area contributed by atoms with E-state index in [1.165, 1.54) is 9.80 Å². The molecule has 32 heteroatoms. The second-order valence-electron chi connectivity index (χ2n) is 43.9. The van der Waals surface area contributed by atoms with Gasteiger partial charge in [0.2, 0.25) is 37.9 Å². The number of alkyl carbamates (subject to hydrolysis) is 2. The summed E-state index contributed by atoms with van der Waals surface area (Å²) in [5.74, 6) is -5.85. The lowest BCUT2D eigenvalue weighted by molar-refractivity contribution is -0.149. The number of likely N-dealkylation sites (tertiary alicyclic amines) is 2. The molecule has 0 spiro atoms. The lowest BCUT2D eigenvalue weighted by Gasteiger charge is -2.43. The van der Waals surface area contributed by atoms with Crippen LogP contribution in [0.4, 0.5) is 19.2 Å². The first-order chi connectivity index (χ1) is 54.0. The first kappa shape index (κ1) is 106. The molecule has 2 aliphatic heterocycles. The highest BCUT2D eigenvalue weighted by atomic mass is 28.4. The van der Waals surface area contributed by atoms with Gasteiger partial charge in [0, 0.05) is 32.0 Å². The zero-order chi connectivity index (χ0) is 92.6. The number of carbonyl (C=O) groups is 10. The average molecular weight is 1770 g/mol. The van der Waals surface area contributed by atoms with Gasteiger partial charge in [0.1, 0.15) is 65.4 Å². The summed E-state index contributed by atoms with van der Waals surface area (Å²) in [5.41, 5.74) is -1.98. The van der Waals surface area contributed by atoms with Crippen LogP contribution in [0.3, 0.4) is 0 Å². The number of hydrogen-bond donors (Lipinski definition) is 5. The van der Waals surface area contributed by atoms with Crippen LogP contribution in [0, 0.1) is 11.8 Å². The Morgan fingerprint density at radius 3 is 1.43 bits per heavy atom. The zero-order valence-corrected chi connectivity index (χ0v) is 85.4. The molecule has 5 N–H and O–H groups in total. The van der Waals surface area contributed by atoms with E-state index >= 15 is 28.8 Å². The van der Waals surface area contributed by atoms with Gasteiger partial charge in [-0.15, -0.1) is 4.90 Å². The number of hydrogen-bond acceptors (Lipinski definition) is 19. The van der Waals surface area contributed by atoms with Crippen molar-refractivity contribution in [3.05, 3.63) is 65.7 Å². The quantitative estimate of drug-likeness (QED) is 0.0266. The molecule has 2 aliphatic rings. The number of amides is 10. The third-order valence-electron chi connectivity index (χ3n) is 24.4. The molecule has 0 aromatic heterocycles. The van der Waals surface area contributed by atoms with Crippen molar-refractivity contribution in [1.29, 1.82) is 0 Å². The van der Waals surface area contributed by atoms with Crippen LogP contribution in [-0.4, -0.2) is 213 Å². The van der Waals surface area contributed by atoms with Crippen molar-refractivity contribution in [3.8, 4) is 5.75 Å². The van der Waals surface area contributed by atoms with Crippen molar-refractivity contribution < 1.29 is 89.0 Å². The fourth-order valence-corrected chi connectivity index (χ4v) is 18.9. The van der Waals surface area contributed by atoms with E-state index in [9.17, 15) is 19.2 Å². The summed E-state index contributed by atoms with van der Waals surface area (Å²) in [6.07, 6.45) is -8.67. The maximum absolute atomic E-state index is 17.0. The molecule has 2 aromatic rings. The standard InChI is InChI=1S/C88H156N8O19Si5/c1-56(2)66(91-71(97)63(90-78(104)108-81(5,6)7)45-42-50-89-77(103)107-55-60-43-40-39-41-44-60)74(100)94-54-62(113-118(33,34)86(20,21)22)52-64(94)72(98)93-68(65(114-119(35,36)87(23,24)25)51-59-46-48-61(49-47-59)112-117(31,32)85(17,18)19)73(99)92-67(58(4)111-116(29,30)84(14,15)16)75(101)95-53-57(3)70(115-120(37,38)88(26,27)28)69(95)76(102)96(79(105)109-82(8,9)10)80(106)110-83(11,12)13/h39-41,43-44,46-49,56-58,62-70H,42,45,50-55H2,1-38H3,(H,89,103)(H,90,104)(H,91,97)(H,92,99)(H,93,98). The van der Waals surface area contributed by atoms with E-state index in [4.69, 9.17) is 41.1 Å². The molecule has 2 fully saturated rings. The summed E-state index contributed by atoms with van der Waals surface area (Å²) in [6.45, 7) is 72.6. The molecule has 0 aliphatic carbocycles. The molecule has 0 saturated carbocycles. The molecule has 27 nitrogen and oxygen atoms in total. The summed E-state index contributed by atoms with van der Waals surface area (Å²) in [5, 5.41) is 12.7. The van der Waals surface area contributed by atoms with Crippen LogP contribution < -0.4 is 31.0 Å². The lowest BCUT2D eigenvalue weighted by atomic mass is 9.99. The van der Waals surface area contributed by atoms with E-state index in [2.05, 4.69) is 94.3 Å². The van der Waals surface area contributed by atoms with Crippen molar-refractivity contribution in [1.82, 2.24) is 41.3 Å². The van der Waals surface area contributed by atoms with Gasteiger partial charge in [-0.2, -0.15) is 0 Å². The topological polar surface area (TPSA) is 324 Å². The molecule has 2 saturated heterocycles. The Morgan fingerprint density at radius 2 is 0.958 bits per heavy atom. The van der Waals surface area contributed by atoms with E-state index < -0.39 is 206 Å². The Labute approximate surface area is 724 Å². The van der Waals surface area contributed by atoms with E-state index in [0.717, 1.165) is 5.56 Å². The fraction of sp³-hybridized carbons (Fsp3) is 0.750. The monoisotopic (exact) mass is 1770 g/mol. The highest BCUT2D eigenvalue weighted by Crippen LogP contribution is 2.45. The maximum Gasteiger partial charge on any atom is 0.426 e. The predicted molar refractivity (Wildman–Crippen MR) is 484 cm³/mol. The molecule has 11 atom stereocenters. The highest BCUT2D eigenvalue weighted by Gasteiger charge is 2.58. The second kappa shape index (κ2) is 40.2. The number of imide groups is 3. The molecule has 4 rings (SSSR count). The third-order valence-corrected chi connectivity index (χ3v) is 46.9. The molecule has 11 unspecified atom stereocenters. The van der Waals surface area contributed by atoms with E-state index in [0.29, 0.717) is 16.2 Å². The summed E-state index contributed by atoms with van der Waals surface area (Å²) in [4.78, 5) is 157. The number of benzene rings is 2. The van der Waals surface area contributed by atoms with Crippen LogP contribution in [0.25, 0.3) is 0 Å². The number of rotatable bonds is 31. The van der Waals surface area contributed by atoms with Crippen molar-refractivity contribution in [2.45, 2.75) is 394 Å². The SMILES string of the molecule is CC(C)C(NC(=O)C(CCCNC(=O)OCc1ccccc1)NC(=O)OC(C)(C)C)C(=O)N1CC(O[Si](C)(C)C(C)(C)C)CC1C(=O)NC(C(=O)NC(C(=O)N1CC(C)C(O[Si](C)(C)C(C)(C)C)C1C(=O)N(C(=O)OC(C)(C)C)C(=O)OC(C)(C)C)C(C)O[Si](C)(C)C(C)(C)C)C(Cc1ccc(O[Si](C)(C)C(C)(C)C)cc1)O[Si](C)(C)C(C)(C)C. The van der Waals surface area contributed by atoms with E-state index in [-0.39, 0.29) is 62.0 Å². The lowest BCUT2D eigenvalue weighted by Crippen LogP contribution is -2.66. The minimum atomic E-state index is -3.11. The van der Waals surface area contributed by atoms with E-state index in [1.54, 1.807) is 83.1 Å². The van der Waals surface area contributed by atoms with Gasteiger partial charge in [-0.05, 0) is 208 Å². The highest BCUT2D eigenvalue weighted by molar-refractivity contribution is 6.76. The number of nitrogens with zero attached hydrogens (tertiary/aromatic N) is 3. The fourth-order valence-electron chi connectivity index (χ4n) is 12.4. The molecule has 2 aromatic carbocycles. The summed E-state index contributed by atoms with van der Waals surface area (Å²) in [6, 6.07) is 7.43. The van der Waals surface area contributed by atoms with Crippen LogP contribution >= 0.6 is 0 Å². The molecule has 10 amide bonds. The average Bonchev–Trinajstić information content (AvgIpc) is 1.56. The molecule has 682 valence electrons. The number of ether oxygens (including phenoxy) is 4. The molecular weight excluding hydrogens is 1610 g/mol. The van der Waals surface area contributed by atoms with Gasteiger partial charge in [-0.25, -0.2) is 19.2 Å². The van der Waals surface area contributed by atoms with E-state index in [1.807, 2.05) is 163 Å². The van der Waals surface area contributed by atoms with Gasteiger partial charge >= 0.3 is 24.4 Å². The van der Waals surface area contributed by atoms with Crippen LogP contribution in [0.15, 0.2) is 54.6 Å². The summed E-state index contributed by atoms with van der Waals surface area (Å²) < 4.78 is 58.5. The minimum Gasteiger partial charge on any atom is -0.544 e. The minimum absolute atomic E-state index is 0.0173. The van der Waals surface area contributed by atoms with Gasteiger partial charge in [-0.1, -0.05) is 167 Å². The zero-order valence-electron chi connectivity index (χ0n) is 80.4. The van der Waals surface area contributed by atoms with Crippen molar-refractivity contribution in [2.24, 2.45) is 11.8 Å². The predicted octanol–water partition coefficient (Wildman–Crippen LogP) is 17.1. The second-order valence-corrected chi connectivity index (χ2v) is 67.6. The van der Waals surface area contributed by atoms with Gasteiger partial charge in [0.05, 0.1) is 24.4 Å². The Balaban J connectivity index is 2.12. The Hall–Kier alpha value is -6.54. The molecule has 0 radical (unpaired) electrons. The largest absolute Gasteiger partial charge is 0.544 e. The maximum atomic E-state index is 17.0. The molecule has 0 bridgehead atoms. The first-order valence-electron chi connectivity index (χ1n) is 42.8. The summed E-state index contributed by atoms with van der Waals surface area (Å²) in [7, 11) is -14.2. The molecule has 120 heavy (non-hydrogen) atoms. The Bertz CT molecular complexity index is 3810. The van der Waals surface area contributed by atoms with Gasteiger partial charge in [-0.3, -0.25) is 28.8 Å². The Kier molecular flexibility index (Phi) is 35.4. The summed E-state index contributed by atoms with van der Waals surface area (Å²) >= 11 is 0. The van der Waals surface area contributed by atoms with Gasteiger partial charge < -0.3 is 77.5 Å². The molecular formula is C88H156N8O19Si5. The van der Waals surface area contributed by atoms with Gasteiger partial charge in [0.25, 0.3) is 5.91 Å². The van der Waals surface area contributed by atoms with Crippen molar-refractivity contribution >= 4 is 101 Å². The van der Waals surface area contributed by atoms with Crippen LogP contribution in [0.2, 0.25) is 90.7 Å². The van der Waals surface area contributed by atoms with Crippen LogP contribution in [0.5, 0.6) is 5.75 Å². The number of nitrogens with one attached hydrogen (secondary N) is 5.